The first-order chi connectivity index (χ1) is 11.3. The van der Waals surface area contributed by atoms with Gasteiger partial charge >= 0.3 is 0 Å². The first kappa shape index (κ1) is 14.8. The van der Waals surface area contributed by atoms with Crippen molar-refractivity contribution < 1.29 is 9.21 Å². The van der Waals surface area contributed by atoms with E-state index in [9.17, 15) is 4.79 Å². The highest BCUT2D eigenvalue weighted by atomic mass is 16.3. The molecule has 1 aliphatic carbocycles. The van der Waals surface area contributed by atoms with Gasteiger partial charge in [0, 0.05) is 30.1 Å². The lowest BCUT2D eigenvalue weighted by molar-refractivity contribution is -0.133. The van der Waals surface area contributed by atoms with Crippen LogP contribution in [0.15, 0.2) is 22.8 Å². The van der Waals surface area contributed by atoms with E-state index in [0.717, 1.165) is 48.8 Å². The second-order valence-electron chi connectivity index (χ2n) is 6.88. The van der Waals surface area contributed by atoms with Crippen molar-refractivity contribution in [2.45, 2.75) is 51.0 Å². The molecule has 2 aliphatic rings. The lowest BCUT2D eigenvalue weighted by atomic mass is 10.00. The third-order valence-corrected chi connectivity index (χ3v) is 5.43. The molecule has 1 saturated heterocycles. The van der Waals surface area contributed by atoms with Crippen molar-refractivity contribution in [2.24, 2.45) is 5.73 Å². The molecule has 4 heteroatoms. The molecule has 1 unspecified atom stereocenters. The Kier molecular flexibility index (Phi) is 3.85. The van der Waals surface area contributed by atoms with Gasteiger partial charge in [0.05, 0.1) is 12.7 Å². The van der Waals surface area contributed by atoms with Crippen molar-refractivity contribution in [1.82, 2.24) is 4.90 Å². The molecule has 0 saturated carbocycles. The summed E-state index contributed by atoms with van der Waals surface area (Å²) >= 11 is 0. The summed E-state index contributed by atoms with van der Waals surface area (Å²) < 4.78 is 5.72. The second-order valence-corrected chi connectivity index (χ2v) is 6.88. The van der Waals surface area contributed by atoms with Crippen molar-refractivity contribution >= 4 is 16.9 Å². The number of rotatable bonds is 3. The van der Waals surface area contributed by atoms with Crippen LogP contribution in [0.5, 0.6) is 0 Å². The quantitative estimate of drug-likeness (QED) is 0.948. The number of nitrogens with zero attached hydrogens (tertiary/aromatic N) is 1. The minimum atomic E-state index is 0.184. The van der Waals surface area contributed by atoms with Gasteiger partial charge in [-0.25, -0.2) is 0 Å². The van der Waals surface area contributed by atoms with Crippen molar-refractivity contribution in [2.75, 3.05) is 13.1 Å². The van der Waals surface area contributed by atoms with Gasteiger partial charge in [-0.1, -0.05) is 0 Å². The van der Waals surface area contributed by atoms with Gasteiger partial charge in [0.2, 0.25) is 5.91 Å². The van der Waals surface area contributed by atoms with Gasteiger partial charge < -0.3 is 15.1 Å². The van der Waals surface area contributed by atoms with Gasteiger partial charge in [0.15, 0.2) is 0 Å². The Balaban J connectivity index is 1.58. The summed E-state index contributed by atoms with van der Waals surface area (Å²) in [4.78, 5) is 14.7. The Morgan fingerprint density at radius 2 is 2.04 bits per heavy atom. The molecule has 2 heterocycles. The molecule has 1 aliphatic heterocycles. The van der Waals surface area contributed by atoms with Crippen molar-refractivity contribution in [3.8, 4) is 0 Å². The first-order valence-corrected chi connectivity index (χ1v) is 8.77. The normalized spacial score (nSPS) is 20.9. The first-order valence-electron chi connectivity index (χ1n) is 8.77. The second kappa shape index (κ2) is 6.00. The molecule has 1 fully saturated rings. The van der Waals surface area contributed by atoms with Crippen LogP contribution >= 0.6 is 0 Å². The van der Waals surface area contributed by atoms with Gasteiger partial charge in [-0.05, 0) is 61.8 Å². The SMILES string of the molecule is NCC1CCCCN1C(=O)Cc1coc2cc3c(cc12)CCC3. The summed E-state index contributed by atoms with van der Waals surface area (Å²) in [5, 5.41) is 1.11. The monoisotopic (exact) mass is 312 g/mol. The summed E-state index contributed by atoms with van der Waals surface area (Å²) in [5.41, 5.74) is 10.6. The lowest BCUT2D eigenvalue weighted by Gasteiger charge is -2.35. The van der Waals surface area contributed by atoms with E-state index in [4.69, 9.17) is 10.2 Å². The predicted molar refractivity (Wildman–Crippen MR) is 90.3 cm³/mol. The minimum absolute atomic E-state index is 0.184. The molecule has 2 aromatic rings. The van der Waals surface area contributed by atoms with Crippen LogP contribution in [0.4, 0.5) is 0 Å². The van der Waals surface area contributed by atoms with Crippen LogP contribution in [0, 0.1) is 0 Å². The standard InChI is InChI=1S/C19H24N2O2/c20-11-16-6-1-2-7-21(16)19(22)10-15-12-23-18-9-14-5-3-4-13(14)8-17(15)18/h8-9,12,16H,1-7,10-11,20H2. The van der Waals surface area contributed by atoms with E-state index in [-0.39, 0.29) is 11.9 Å². The van der Waals surface area contributed by atoms with Gasteiger partial charge in [0.1, 0.15) is 5.58 Å². The van der Waals surface area contributed by atoms with Crippen LogP contribution in [0.25, 0.3) is 11.0 Å². The molecule has 122 valence electrons. The van der Waals surface area contributed by atoms with Crippen molar-refractivity contribution in [3.63, 3.8) is 0 Å². The van der Waals surface area contributed by atoms with E-state index in [2.05, 4.69) is 12.1 Å². The van der Waals surface area contributed by atoms with E-state index in [0.29, 0.717) is 13.0 Å². The molecular formula is C19H24N2O2. The van der Waals surface area contributed by atoms with E-state index in [1.807, 2.05) is 4.90 Å². The maximum atomic E-state index is 12.7. The topological polar surface area (TPSA) is 59.5 Å². The molecule has 4 rings (SSSR count). The zero-order valence-corrected chi connectivity index (χ0v) is 13.5. The Hall–Kier alpha value is -1.81. The Labute approximate surface area is 136 Å². The zero-order valence-electron chi connectivity index (χ0n) is 13.5. The lowest BCUT2D eigenvalue weighted by Crippen LogP contribution is -2.48. The molecule has 1 aromatic heterocycles. The molecule has 23 heavy (non-hydrogen) atoms. The fraction of sp³-hybridized carbons (Fsp3) is 0.526. The van der Waals surface area contributed by atoms with Crippen LogP contribution in [0.3, 0.4) is 0 Å². The Morgan fingerprint density at radius 1 is 1.22 bits per heavy atom. The zero-order chi connectivity index (χ0) is 15.8. The van der Waals surface area contributed by atoms with Crippen LogP contribution < -0.4 is 5.73 Å². The van der Waals surface area contributed by atoms with E-state index < -0.39 is 0 Å². The summed E-state index contributed by atoms with van der Waals surface area (Å²) in [6.45, 7) is 1.40. The number of furan rings is 1. The Morgan fingerprint density at radius 3 is 2.87 bits per heavy atom. The molecular weight excluding hydrogens is 288 g/mol. The average Bonchev–Trinajstić information content (AvgIpc) is 3.19. The van der Waals surface area contributed by atoms with Crippen LogP contribution in [-0.4, -0.2) is 29.9 Å². The number of carbonyl (C=O) groups excluding carboxylic acids is 1. The fourth-order valence-electron chi connectivity index (χ4n) is 4.12. The summed E-state index contributed by atoms with van der Waals surface area (Å²) in [6.07, 6.45) is 8.98. The number of likely N-dealkylation sites (tertiary alicyclic amines) is 1. The highest BCUT2D eigenvalue weighted by Crippen LogP contribution is 2.31. The third kappa shape index (κ3) is 2.65. The molecule has 4 nitrogen and oxygen atoms in total. The maximum Gasteiger partial charge on any atom is 0.227 e. The number of aryl methyl sites for hydroxylation is 2. The summed E-state index contributed by atoms with van der Waals surface area (Å²) in [6, 6.07) is 4.61. The van der Waals surface area contributed by atoms with Crippen LogP contribution in [0.1, 0.15) is 42.4 Å². The number of hydrogen-bond acceptors (Lipinski definition) is 3. The largest absolute Gasteiger partial charge is 0.464 e. The summed E-state index contributed by atoms with van der Waals surface area (Å²) in [5.74, 6) is 0.184. The number of benzene rings is 1. The molecule has 1 aromatic carbocycles. The number of hydrogen-bond donors (Lipinski definition) is 1. The molecule has 0 spiro atoms. The van der Waals surface area contributed by atoms with E-state index in [1.54, 1.807) is 6.26 Å². The van der Waals surface area contributed by atoms with Crippen LogP contribution in [-0.2, 0) is 24.1 Å². The highest BCUT2D eigenvalue weighted by Gasteiger charge is 2.26. The average molecular weight is 312 g/mol. The highest BCUT2D eigenvalue weighted by molar-refractivity contribution is 5.88. The maximum absolute atomic E-state index is 12.7. The molecule has 0 bridgehead atoms. The van der Waals surface area contributed by atoms with E-state index in [1.165, 1.54) is 24.0 Å². The predicted octanol–water partition coefficient (Wildman–Crippen LogP) is 2.80. The van der Waals surface area contributed by atoms with Gasteiger partial charge in [0.25, 0.3) is 0 Å². The molecule has 0 radical (unpaired) electrons. The molecule has 1 atom stereocenters. The number of nitrogens with two attached hydrogens (primary N) is 1. The van der Waals surface area contributed by atoms with Gasteiger partial charge in [-0.3, -0.25) is 4.79 Å². The van der Waals surface area contributed by atoms with E-state index >= 15 is 0 Å². The third-order valence-electron chi connectivity index (χ3n) is 5.43. The molecule has 2 N–H and O–H groups in total. The Bertz CT molecular complexity index is 734. The van der Waals surface area contributed by atoms with Gasteiger partial charge in [-0.15, -0.1) is 0 Å². The summed E-state index contributed by atoms with van der Waals surface area (Å²) in [7, 11) is 0. The number of carbonyl (C=O) groups is 1. The minimum Gasteiger partial charge on any atom is -0.464 e. The smallest absolute Gasteiger partial charge is 0.227 e. The van der Waals surface area contributed by atoms with Crippen molar-refractivity contribution in [3.05, 3.63) is 35.1 Å². The number of piperidine rings is 1. The number of amides is 1. The number of fused-ring (bicyclic) bond motifs is 2. The van der Waals surface area contributed by atoms with Crippen molar-refractivity contribution in [1.29, 1.82) is 0 Å². The molecule has 1 amide bonds. The fourth-order valence-corrected chi connectivity index (χ4v) is 4.12. The van der Waals surface area contributed by atoms with Crippen LogP contribution in [0.2, 0.25) is 0 Å². The van der Waals surface area contributed by atoms with Gasteiger partial charge in [-0.2, -0.15) is 0 Å².